The first kappa shape index (κ1) is 16.1. The van der Waals surface area contributed by atoms with E-state index >= 15 is 0 Å². The summed E-state index contributed by atoms with van der Waals surface area (Å²) in [5, 5.41) is 4.03. The molecule has 3 rings (SSSR count). The standard InChI is InChI=1S/C21H18O3/c1-21(2,3)20(24)19(23)18(22)16-9-8-15-10-13-6-4-5-7-14(13)11-17(15)12-16/h4-12H,1-3H3. The van der Waals surface area contributed by atoms with E-state index in [1.54, 1.807) is 32.9 Å². The summed E-state index contributed by atoms with van der Waals surface area (Å²) in [6, 6.07) is 17.1. The maximum absolute atomic E-state index is 12.4. The average Bonchev–Trinajstić information content (AvgIpc) is 2.56. The molecule has 0 bridgehead atoms. The van der Waals surface area contributed by atoms with E-state index in [0.29, 0.717) is 0 Å². The van der Waals surface area contributed by atoms with Gasteiger partial charge < -0.3 is 0 Å². The van der Waals surface area contributed by atoms with E-state index in [0.717, 1.165) is 21.5 Å². The Balaban J connectivity index is 2.04. The van der Waals surface area contributed by atoms with Gasteiger partial charge in [-0.25, -0.2) is 0 Å². The van der Waals surface area contributed by atoms with Crippen LogP contribution in [-0.4, -0.2) is 17.3 Å². The topological polar surface area (TPSA) is 51.2 Å². The third-order valence-electron chi connectivity index (χ3n) is 4.06. The fourth-order valence-corrected chi connectivity index (χ4v) is 2.66. The second kappa shape index (κ2) is 5.68. The van der Waals surface area contributed by atoms with Crippen LogP contribution in [0.25, 0.3) is 21.5 Å². The third-order valence-corrected chi connectivity index (χ3v) is 4.06. The van der Waals surface area contributed by atoms with Crippen LogP contribution >= 0.6 is 0 Å². The Kier molecular flexibility index (Phi) is 3.80. The zero-order valence-electron chi connectivity index (χ0n) is 13.9. The van der Waals surface area contributed by atoms with Crippen LogP contribution in [0.15, 0.2) is 54.6 Å². The predicted molar refractivity (Wildman–Crippen MR) is 95.3 cm³/mol. The van der Waals surface area contributed by atoms with E-state index in [1.807, 2.05) is 42.5 Å². The molecular formula is C21H18O3. The van der Waals surface area contributed by atoms with Gasteiger partial charge in [0.2, 0.25) is 11.6 Å². The van der Waals surface area contributed by atoms with Crippen molar-refractivity contribution in [3.05, 3.63) is 60.2 Å². The molecule has 3 nitrogen and oxygen atoms in total. The van der Waals surface area contributed by atoms with E-state index < -0.39 is 22.8 Å². The minimum Gasteiger partial charge on any atom is -0.290 e. The molecule has 120 valence electrons. The minimum atomic E-state index is -0.956. The number of carbonyl (C=O) groups excluding carboxylic acids is 3. The third kappa shape index (κ3) is 2.85. The molecule has 3 heteroatoms. The van der Waals surface area contributed by atoms with Crippen LogP contribution < -0.4 is 0 Å². The highest BCUT2D eigenvalue weighted by atomic mass is 16.2. The molecule has 0 aliphatic carbocycles. The number of hydrogen-bond acceptors (Lipinski definition) is 3. The second-order valence-electron chi connectivity index (χ2n) is 7.00. The fraction of sp³-hybridized carbons (Fsp3) is 0.190. The number of carbonyl (C=O) groups is 3. The minimum absolute atomic E-state index is 0.250. The molecule has 0 unspecified atom stereocenters. The molecule has 24 heavy (non-hydrogen) atoms. The van der Waals surface area contributed by atoms with Gasteiger partial charge in [0.05, 0.1) is 0 Å². The normalized spacial score (nSPS) is 11.6. The van der Waals surface area contributed by atoms with Gasteiger partial charge in [-0.15, -0.1) is 0 Å². The van der Waals surface area contributed by atoms with Crippen molar-refractivity contribution >= 4 is 38.9 Å². The summed E-state index contributed by atoms with van der Waals surface area (Å²) >= 11 is 0. The van der Waals surface area contributed by atoms with Crippen LogP contribution in [0.3, 0.4) is 0 Å². The highest BCUT2D eigenvalue weighted by Crippen LogP contribution is 2.24. The molecular weight excluding hydrogens is 300 g/mol. The van der Waals surface area contributed by atoms with Gasteiger partial charge >= 0.3 is 0 Å². The van der Waals surface area contributed by atoms with Gasteiger partial charge in [0.25, 0.3) is 5.78 Å². The monoisotopic (exact) mass is 318 g/mol. The van der Waals surface area contributed by atoms with E-state index in [-0.39, 0.29) is 5.56 Å². The average molecular weight is 318 g/mol. The number of hydrogen-bond donors (Lipinski definition) is 0. The molecule has 0 radical (unpaired) electrons. The van der Waals surface area contributed by atoms with Crippen molar-refractivity contribution in [3.8, 4) is 0 Å². The summed E-state index contributed by atoms with van der Waals surface area (Å²) in [5.74, 6) is -2.36. The summed E-state index contributed by atoms with van der Waals surface area (Å²) in [4.78, 5) is 36.6. The molecule has 0 heterocycles. The van der Waals surface area contributed by atoms with Gasteiger partial charge in [-0.2, -0.15) is 0 Å². The fourth-order valence-electron chi connectivity index (χ4n) is 2.66. The molecule has 0 saturated heterocycles. The summed E-state index contributed by atoms with van der Waals surface area (Å²) in [5.41, 5.74) is -0.611. The summed E-state index contributed by atoms with van der Waals surface area (Å²) in [7, 11) is 0. The highest BCUT2D eigenvalue weighted by Gasteiger charge is 2.33. The lowest BCUT2D eigenvalue weighted by Gasteiger charge is -2.14. The molecule has 0 fully saturated rings. The Morgan fingerprint density at radius 2 is 1.25 bits per heavy atom. The maximum Gasteiger partial charge on any atom is 0.269 e. The first-order valence-corrected chi connectivity index (χ1v) is 7.83. The first-order chi connectivity index (χ1) is 11.3. The molecule has 3 aromatic carbocycles. The molecule has 0 aromatic heterocycles. The van der Waals surface area contributed by atoms with Crippen molar-refractivity contribution in [3.63, 3.8) is 0 Å². The largest absolute Gasteiger partial charge is 0.290 e. The zero-order chi connectivity index (χ0) is 17.5. The quantitative estimate of drug-likeness (QED) is 0.312. The van der Waals surface area contributed by atoms with Crippen molar-refractivity contribution in [2.45, 2.75) is 20.8 Å². The van der Waals surface area contributed by atoms with Crippen molar-refractivity contribution in [2.24, 2.45) is 5.41 Å². The Morgan fingerprint density at radius 1 is 0.708 bits per heavy atom. The Bertz CT molecular complexity index is 991. The van der Waals surface area contributed by atoms with Crippen molar-refractivity contribution in [2.75, 3.05) is 0 Å². The molecule has 0 saturated carbocycles. The Morgan fingerprint density at radius 3 is 1.83 bits per heavy atom. The van der Waals surface area contributed by atoms with E-state index in [9.17, 15) is 14.4 Å². The zero-order valence-corrected chi connectivity index (χ0v) is 13.9. The van der Waals surface area contributed by atoms with Crippen LogP contribution in [-0.2, 0) is 9.59 Å². The second-order valence-corrected chi connectivity index (χ2v) is 7.00. The van der Waals surface area contributed by atoms with Gasteiger partial charge in [-0.05, 0) is 39.7 Å². The van der Waals surface area contributed by atoms with Crippen molar-refractivity contribution < 1.29 is 14.4 Å². The molecule has 0 aliphatic rings. The maximum atomic E-state index is 12.4. The number of benzene rings is 3. The van der Waals surface area contributed by atoms with Gasteiger partial charge in [-0.3, -0.25) is 14.4 Å². The summed E-state index contributed by atoms with van der Waals surface area (Å²) in [6.45, 7) is 4.90. The van der Waals surface area contributed by atoms with Crippen molar-refractivity contribution in [1.82, 2.24) is 0 Å². The Labute approximate surface area is 140 Å². The predicted octanol–water partition coefficient (Wildman–Crippen LogP) is 4.36. The molecule has 0 spiro atoms. The van der Waals surface area contributed by atoms with Crippen LogP contribution in [0.5, 0.6) is 0 Å². The van der Waals surface area contributed by atoms with E-state index in [2.05, 4.69) is 0 Å². The SMILES string of the molecule is CC(C)(C)C(=O)C(=O)C(=O)c1ccc2cc3ccccc3cc2c1. The molecule has 0 aliphatic heterocycles. The van der Waals surface area contributed by atoms with Crippen molar-refractivity contribution in [1.29, 1.82) is 0 Å². The van der Waals surface area contributed by atoms with Gasteiger partial charge in [0.15, 0.2) is 0 Å². The number of rotatable bonds is 3. The first-order valence-electron chi connectivity index (χ1n) is 7.83. The van der Waals surface area contributed by atoms with Gasteiger partial charge in [0.1, 0.15) is 0 Å². The van der Waals surface area contributed by atoms with Gasteiger partial charge in [0, 0.05) is 11.0 Å². The Hall–Kier alpha value is -2.81. The van der Waals surface area contributed by atoms with Crippen LogP contribution in [0, 0.1) is 5.41 Å². The van der Waals surface area contributed by atoms with Crippen LogP contribution in [0.4, 0.5) is 0 Å². The lowest BCUT2D eigenvalue weighted by molar-refractivity contribution is -0.138. The summed E-state index contributed by atoms with van der Waals surface area (Å²) in [6.07, 6.45) is 0. The number of fused-ring (bicyclic) bond motifs is 2. The molecule has 0 N–H and O–H groups in total. The van der Waals surface area contributed by atoms with E-state index in [4.69, 9.17) is 0 Å². The summed E-state index contributed by atoms with van der Waals surface area (Å²) < 4.78 is 0. The molecule has 0 amide bonds. The lowest BCUT2D eigenvalue weighted by Crippen LogP contribution is -2.33. The van der Waals surface area contributed by atoms with Gasteiger partial charge in [-0.1, -0.05) is 57.2 Å². The molecule has 3 aromatic rings. The highest BCUT2D eigenvalue weighted by molar-refractivity contribution is 6.67. The van der Waals surface area contributed by atoms with Crippen LogP contribution in [0.2, 0.25) is 0 Å². The smallest absolute Gasteiger partial charge is 0.269 e. The molecule has 0 atom stereocenters. The lowest BCUT2D eigenvalue weighted by atomic mass is 9.86. The number of Topliss-reactive ketones (excluding diaryl/α,β-unsaturated/α-hetero) is 3. The van der Waals surface area contributed by atoms with E-state index in [1.165, 1.54) is 0 Å². The number of ketones is 3. The van der Waals surface area contributed by atoms with Crippen LogP contribution in [0.1, 0.15) is 31.1 Å².